The second kappa shape index (κ2) is 8.88. The zero-order valence-corrected chi connectivity index (χ0v) is 16.2. The largest absolute Gasteiger partial charge is 0.508 e. The highest BCUT2D eigenvalue weighted by Crippen LogP contribution is 2.36. The number of benzene rings is 1. The van der Waals surface area contributed by atoms with Gasteiger partial charge in [-0.25, -0.2) is 0 Å². The maximum Gasteiger partial charge on any atom is 0.115 e. The summed E-state index contributed by atoms with van der Waals surface area (Å²) < 4.78 is 0. The monoisotopic (exact) mass is 364 g/mol. The third-order valence-corrected chi connectivity index (χ3v) is 6.56. The Morgan fingerprint density at radius 3 is 2.67 bits per heavy atom. The summed E-state index contributed by atoms with van der Waals surface area (Å²) >= 11 is 0. The summed E-state index contributed by atoms with van der Waals surface area (Å²) in [7, 11) is 0. The van der Waals surface area contributed by atoms with E-state index in [0.717, 1.165) is 31.7 Å². The average Bonchev–Trinajstić information content (AvgIpc) is 2.97. The third-order valence-electron chi connectivity index (χ3n) is 6.56. The van der Waals surface area contributed by atoms with Crippen molar-refractivity contribution in [1.82, 2.24) is 10.3 Å². The molecule has 0 aliphatic heterocycles. The molecule has 144 valence electrons. The van der Waals surface area contributed by atoms with Crippen molar-refractivity contribution in [2.24, 2.45) is 5.92 Å². The van der Waals surface area contributed by atoms with Crippen LogP contribution >= 0.6 is 0 Å². The van der Waals surface area contributed by atoms with E-state index in [4.69, 9.17) is 0 Å². The first-order valence-electron chi connectivity index (χ1n) is 10.7. The normalized spacial score (nSPS) is 23.6. The van der Waals surface area contributed by atoms with Gasteiger partial charge in [-0.05, 0) is 79.5 Å². The van der Waals surface area contributed by atoms with Crippen LogP contribution in [0.5, 0.6) is 5.75 Å². The number of phenols is 1. The predicted octanol–water partition coefficient (Wildman–Crippen LogP) is 4.99. The van der Waals surface area contributed by atoms with Gasteiger partial charge in [0.05, 0.1) is 0 Å². The molecule has 0 spiro atoms. The summed E-state index contributed by atoms with van der Waals surface area (Å²) in [6, 6.07) is 10.7. The van der Waals surface area contributed by atoms with Gasteiger partial charge in [-0.1, -0.05) is 37.8 Å². The molecule has 2 aliphatic rings. The van der Waals surface area contributed by atoms with Crippen molar-refractivity contribution in [3.8, 4) is 5.75 Å². The Bertz CT molecular complexity index is 722. The number of aryl methyl sites for hydroxylation is 1. The lowest BCUT2D eigenvalue weighted by Crippen LogP contribution is -2.41. The SMILES string of the molecule is Oc1ccc2c(c1)CCC(NCC1CCCCCC1)C2Cc1cccnc1. The number of aromatic hydroxyl groups is 1. The van der Waals surface area contributed by atoms with Crippen LogP contribution in [0.25, 0.3) is 0 Å². The maximum absolute atomic E-state index is 9.90. The maximum atomic E-state index is 9.90. The minimum atomic E-state index is 0.388. The minimum absolute atomic E-state index is 0.388. The van der Waals surface area contributed by atoms with Gasteiger partial charge in [-0.15, -0.1) is 0 Å². The highest BCUT2D eigenvalue weighted by atomic mass is 16.3. The van der Waals surface area contributed by atoms with Crippen LogP contribution in [0.15, 0.2) is 42.7 Å². The molecule has 1 heterocycles. The van der Waals surface area contributed by atoms with Gasteiger partial charge in [-0.2, -0.15) is 0 Å². The van der Waals surface area contributed by atoms with Gasteiger partial charge >= 0.3 is 0 Å². The third kappa shape index (κ3) is 4.70. The zero-order chi connectivity index (χ0) is 18.5. The molecule has 2 unspecified atom stereocenters. The highest BCUT2D eigenvalue weighted by molar-refractivity contribution is 5.40. The summed E-state index contributed by atoms with van der Waals surface area (Å²) in [6.07, 6.45) is 15.5. The lowest BCUT2D eigenvalue weighted by molar-refractivity contribution is 0.336. The summed E-state index contributed by atoms with van der Waals surface area (Å²) in [6.45, 7) is 1.15. The Kier molecular flexibility index (Phi) is 6.08. The van der Waals surface area contributed by atoms with Crippen LogP contribution in [-0.2, 0) is 12.8 Å². The van der Waals surface area contributed by atoms with Crippen LogP contribution in [0.3, 0.4) is 0 Å². The predicted molar refractivity (Wildman–Crippen MR) is 110 cm³/mol. The van der Waals surface area contributed by atoms with Crippen LogP contribution in [-0.4, -0.2) is 22.7 Å². The van der Waals surface area contributed by atoms with Gasteiger partial charge in [0.15, 0.2) is 0 Å². The van der Waals surface area contributed by atoms with Crippen LogP contribution in [0.2, 0.25) is 0 Å². The number of hydrogen-bond acceptors (Lipinski definition) is 3. The Labute approximate surface area is 163 Å². The smallest absolute Gasteiger partial charge is 0.115 e. The van der Waals surface area contributed by atoms with E-state index >= 15 is 0 Å². The second-order valence-corrected chi connectivity index (χ2v) is 8.47. The molecular weight excluding hydrogens is 332 g/mol. The van der Waals surface area contributed by atoms with E-state index < -0.39 is 0 Å². The molecule has 1 saturated carbocycles. The highest BCUT2D eigenvalue weighted by Gasteiger charge is 2.30. The second-order valence-electron chi connectivity index (χ2n) is 8.47. The fourth-order valence-electron chi connectivity index (χ4n) is 5.05. The molecule has 3 heteroatoms. The fourth-order valence-corrected chi connectivity index (χ4v) is 5.05. The van der Waals surface area contributed by atoms with E-state index in [1.807, 2.05) is 30.6 Å². The Balaban J connectivity index is 1.51. The van der Waals surface area contributed by atoms with E-state index in [0.29, 0.717) is 17.7 Å². The van der Waals surface area contributed by atoms with Crippen molar-refractivity contribution in [2.45, 2.75) is 69.7 Å². The van der Waals surface area contributed by atoms with E-state index in [-0.39, 0.29) is 0 Å². The van der Waals surface area contributed by atoms with Crippen LogP contribution in [0.1, 0.15) is 67.6 Å². The van der Waals surface area contributed by atoms with E-state index in [9.17, 15) is 5.11 Å². The van der Waals surface area contributed by atoms with E-state index in [1.165, 1.54) is 55.2 Å². The van der Waals surface area contributed by atoms with Gasteiger partial charge in [0, 0.05) is 24.4 Å². The number of phenolic OH excluding ortho intramolecular Hbond substituents is 1. The van der Waals surface area contributed by atoms with E-state index in [1.54, 1.807) is 0 Å². The number of nitrogens with one attached hydrogen (secondary N) is 1. The first kappa shape index (κ1) is 18.5. The Morgan fingerprint density at radius 1 is 1.04 bits per heavy atom. The minimum Gasteiger partial charge on any atom is -0.508 e. The molecule has 2 aliphatic carbocycles. The van der Waals surface area contributed by atoms with Gasteiger partial charge in [0.2, 0.25) is 0 Å². The first-order valence-corrected chi connectivity index (χ1v) is 10.7. The topological polar surface area (TPSA) is 45.1 Å². The molecule has 2 atom stereocenters. The van der Waals surface area contributed by atoms with Gasteiger partial charge in [-0.3, -0.25) is 4.98 Å². The standard InChI is InChI=1S/C24H32N2O/c27-21-10-11-22-20(15-21)9-12-24(23(22)14-19-8-5-13-25-16-19)26-17-18-6-3-1-2-4-7-18/h5,8,10-11,13,15-16,18,23-24,26-27H,1-4,6-7,9,12,14,17H2. The molecule has 4 rings (SSSR count). The zero-order valence-electron chi connectivity index (χ0n) is 16.2. The van der Waals surface area contributed by atoms with Crippen molar-refractivity contribution >= 4 is 0 Å². The molecule has 1 aromatic carbocycles. The number of fused-ring (bicyclic) bond motifs is 1. The van der Waals surface area contributed by atoms with Crippen LogP contribution in [0, 0.1) is 5.92 Å². The van der Waals surface area contributed by atoms with Gasteiger partial charge in [0.1, 0.15) is 5.75 Å². The molecule has 1 aromatic heterocycles. The average molecular weight is 365 g/mol. The van der Waals surface area contributed by atoms with Crippen LogP contribution < -0.4 is 5.32 Å². The lowest BCUT2D eigenvalue weighted by atomic mass is 9.76. The summed E-state index contributed by atoms with van der Waals surface area (Å²) in [5.74, 6) is 1.68. The van der Waals surface area contributed by atoms with Crippen molar-refractivity contribution < 1.29 is 5.11 Å². The van der Waals surface area contributed by atoms with Gasteiger partial charge < -0.3 is 10.4 Å². The van der Waals surface area contributed by atoms with Crippen molar-refractivity contribution in [1.29, 1.82) is 0 Å². The van der Waals surface area contributed by atoms with Crippen molar-refractivity contribution in [2.75, 3.05) is 6.54 Å². The quantitative estimate of drug-likeness (QED) is 0.735. The molecular formula is C24H32N2O. The van der Waals surface area contributed by atoms with Gasteiger partial charge in [0.25, 0.3) is 0 Å². The molecule has 0 bridgehead atoms. The molecule has 1 fully saturated rings. The molecule has 0 saturated heterocycles. The number of nitrogens with zero attached hydrogens (tertiary/aromatic N) is 1. The Morgan fingerprint density at radius 2 is 1.89 bits per heavy atom. The summed E-state index contributed by atoms with van der Waals surface area (Å²) in [5, 5.41) is 13.9. The fraction of sp³-hybridized carbons (Fsp3) is 0.542. The number of hydrogen-bond donors (Lipinski definition) is 2. The van der Waals surface area contributed by atoms with Crippen LogP contribution in [0.4, 0.5) is 0 Å². The summed E-state index contributed by atoms with van der Waals surface area (Å²) in [4.78, 5) is 4.31. The summed E-state index contributed by atoms with van der Waals surface area (Å²) in [5.41, 5.74) is 4.02. The molecule has 27 heavy (non-hydrogen) atoms. The van der Waals surface area contributed by atoms with E-state index in [2.05, 4.69) is 22.4 Å². The lowest BCUT2D eigenvalue weighted by Gasteiger charge is -2.35. The number of pyridine rings is 1. The molecule has 2 aromatic rings. The molecule has 0 amide bonds. The van der Waals surface area contributed by atoms with Crippen molar-refractivity contribution in [3.05, 3.63) is 59.4 Å². The first-order chi connectivity index (χ1) is 13.3. The number of rotatable bonds is 5. The molecule has 2 N–H and O–H groups in total. The number of aromatic nitrogens is 1. The van der Waals surface area contributed by atoms with Crippen molar-refractivity contribution in [3.63, 3.8) is 0 Å². The molecule has 3 nitrogen and oxygen atoms in total. The Hall–Kier alpha value is -1.87. The molecule has 0 radical (unpaired) electrons.